The summed E-state index contributed by atoms with van der Waals surface area (Å²) in [7, 11) is 0. The highest BCUT2D eigenvalue weighted by Gasteiger charge is 2.10. The van der Waals surface area contributed by atoms with E-state index < -0.39 is 6.23 Å². The van der Waals surface area contributed by atoms with E-state index in [0.29, 0.717) is 5.92 Å². The van der Waals surface area contributed by atoms with Gasteiger partial charge in [-0.15, -0.1) is 22.9 Å². The highest BCUT2D eigenvalue weighted by molar-refractivity contribution is 7.12. The summed E-state index contributed by atoms with van der Waals surface area (Å²) < 4.78 is 0. The molecule has 0 saturated carbocycles. The molecule has 24 heavy (non-hydrogen) atoms. The minimum Gasteiger partial charge on any atom is -0.379 e. The van der Waals surface area contributed by atoms with Crippen molar-refractivity contribution in [1.29, 1.82) is 0 Å². The lowest BCUT2D eigenvalue weighted by Gasteiger charge is -2.12. The molecule has 0 amide bonds. The molecule has 0 radical (unpaired) electrons. The maximum absolute atomic E-state index is 9.35. The van der Waals surface area contributed by atoms with Crippen molar-refractivity contribution in [3.05, 3.63) is 21.9 Å². The third-order valence-corrected chi connectivity index (χ3v) is 5.67. The van der Waals surface area contributed by atoms with E-state index in [2.05, 4.69) is 37.8 Å². The molecule has 0 fully saturated rings. The van der Waals surface area contributed by atoms with E-state index in [-0.39, 0.29) is 11.3 Å². The van der Waals surface area contributed by atoms with Crippen molar-refractivity contribution < 1.29 is 5.11 Å². The van der Waals surface area contributed by atoms with Gasteiger partial charge in [-0.25, -0.2) is 0 Å². The Kier molecular flexibility index (Phi) is 10.7. The Balaban J connectivity index is 2.43. The van der Waals surface area contributed by atoms with Gasteiger partial charge in [0.2, 0.25) is 0 Å². The van der Waals surface area contributed by atoms with Crippen LogP contribution in [0, 0.1) is 23.7 Å². The monoisotopic (exact) mass is 369 g/mol. The zero-order chi connectivity index (χ0) is 17.9. The number of aryl methyl sites for hydroxylation is 1. The Hall–Kier alpha value is -0.530. The second-order valence-corrected chi connectivity index (χ2v) is 8.63. The summed E-state index contributed by atoms with van der Waals surface area (Å²) in [5.74, 6) is 7.39. The van der Waals surface area contributed by atoms with Crippen LogP contribution in [-0.4, -0.2) is 16.7 Å². The molecule has 4 atom stereocenters. The van der Waals surface area contributed by atoms with E-state index in [1.807, 2.05) is 6.92 Å². The number of aliphatic hydroxyl groups excluding tert-OH is 1. The van der Waals surface area contributed by atoms with Crippen LogP contribution in [-0.2, 0) is 6.42 Å². The van der Waals surface area contributed by atoms with Crippen LogP contribution < -0.4 is 5.73 Å². The van der Waals surface area contributed by atoms with Gasteiger partial charge >= 0.3 is 0 Å². The molecular weight excluding hydrogens is 338 g/mol. The van der Waals surface area contributed by atoms with Crippen molar-refractivity contribution in [3.63, 3.8) is 0 Å². The van der Waals surface area contributed by atoms with Gasteiger partial charge in [-0.05, 0) is 57.1 Å². The maximum Gasteiger partial charge on any atom is 0.105 e. The summed E-state index contributed by atoms with van der Waals surface area (Å²) in [6.07, 6.45) is 6.89. The minimum atomic E-state index is -0.726. The van der Waals surface area contributed by atoms with Crippen LogP contribution in [0.1, 0.15) is 69.1 Å². The quantitative estimate of drug-likeness (QED) is 0.259. The number of halogens is 1. The fourth-order valence-electron chi connectivity index (χ4n) is 2.49. The highest BCUT2D eigenvalue weighted by atomic mass is 35.5. The van der Waals surface area contributed by atoms with Crippen LogP contribution in [0.25, 0.3) is 0 Å². The van der Waals surface area contributed by atoms with Crippen LogP contribution in [0.3, 0.4) is 0 Å². The molecule has 0 bridgehead atoms. The first-order chi connectivity index (χ1) is 11.4. The number of nitrogens with two attached hydrogens (primary N) is 1. The number of rotatable bonds is 10. The predicted octanol–water partition coefficient (Wildman–Crippen LogP) is 5.16. The number of alkyl halides is 1. The van der Waals surface area contributed by atoms with Gasteiger partial charge in [0.05, 0.1) is 4.88 Å². The maximum atomic E-state index is 9.35. The summed E-state index contributed by atoms with van der Waals surface area (Å²) in [5, 5.41) is 9.63. The Morgan fingerprint density at radius 1 is 1.21 bits per heavy atom. The molecular formula is C20H32ClNOS. The lowest BCUT2D eigenvalue weighted by atomic mass is 9.99. The Labute approximate surface area is 156 Å². The first kappa shape index (κ1) is 21.5. The molecule has 0 aliphatic heterocycles. The predicted molar refractivity (Wildman–Crippen MR) is 106 cm³/mol. The molecule has 3 N–H and O–H groups in total. The first-order valence-corrected chi connectivity index (χ1v) is 10.4. The molecule has 1 aromatic heterocycles. The van der Waals surface area contributed by atoms with Gasteiger partial charge in [-0.1, -0.05) is 38.5 Å². The lowest BCUT2D eigenvalue weighted by Crippen LogP contribution is -2.27. The zero-order valence-corrected chi connectivity index (χ0v) is 16.8. The molecule has 136 valence electrons. The molecule has 4 heteroatoms. The summed E-state index contributed by atoms with van der Waals surface area (Å²) >= 11 is 7.74. The van der Waals surface area contributed by atoms with Crippen molar-refractivity contribution in [2.75, 3.05) is 0 Å². The topological polar surface area (TPSA) is 46.2 Å². The SMILES string of the molecule is CCC(C#Cc1ccc(CC[C@@H](C)C(N)O)s1)CCCCC(C)Cl. The molecule has 1 rings (SSSR count). The van der Waals surface area contributed by atoms with Crippen molar-refractivity contribution in [3.8, 4) is 11.8 Å². The number of thiophene rings is 1. The van der Waals surface area contributed by atoms with Gasteiger partial charge in [0, 0.05) is 16.2 Å². The second kappa shape index (κ2) is 11.9. The molecule has 0 aliphatic rings. The molecule has 0 aliphatic carbocycles. The van der Waals surface area contributed by atoms with E-state index in [1.54, 1.807) is 11.3 Å². The normalized spacial score (nSPS) is 16.1. The van der Waals surface area contributed by atoms with Crippen molar-refractivity contribution in [2.45, 2.75) is 77.3 Å². The number of aliphatic hydroxyl groups is 1. The summed E-state index contributed by atoms with van der Waals surface area (Å²) in [6, 6.07) is 4.26. The highest BCUT2D eigenvalue weighted by Crippen LogP contribution is 2.20. The molecule has 2 nitrogen and oxygen atoms in total. The largest absolute Gasteiger partial charge is 0.379 e. The molecule has 0 spiro atoms. The Morgan fingerprint density at radius 3 is 2.54 bits per heavy atom. The summed E-state index contributed by atoms with van der Waals surface area (Å²) in [4.78, 5) is 2.45. The third kappa shape index (κ3) is 9.08. The van der Waals surface area contributed by atoms with E-state index >= 15 is 0 Å². The Bertz CT molecular complexity index is 515. The van der Waals surface area contributed by atoms with E-state index in [0.717, 1.165) is 37.0 Å². The molecule has 0 saturated heterocycles. The minimum absolute atomic E-state index is 0.127. The fourth-order valence-corrected chi connectivity index (χ4v) is 3.53. The van der Waals surface area contributed by atoms with Gasteiger partial charge in [0.15, 0.2) is 0 Å². The van der Waals surface area contributed by atoms with Crippen LogP contribution in [0.15, 0.2) is 12.1 Å². The van der Waals surface area contributed by atoms with Crippen LogP contribution in [0.2, 0.25) is 0 Å². The summed E-state index contributed by atoms with van der Waals surface area (Å²) in [6.45, 7) is 6.25. The van der Waals surface area contributed by atoms with Crippen LogP contribution >= 0.6 is 22.9 Å². The van der Waals surface area contributed by atoms with E-state index in [4.69, 9.17) is 17.3 Å². The van der Waals surface area contributed by atoms with Gasteiger partial charge in [0.25, 0.3) is 0 Å². The smallest absolute Gasteiger partial charge is 0.105 e. The first-order valence-electron chi connectivity index (χ1n) is 9.10. The average molecular weight is 370 g/mol. The molecule has 1 heterocycles. The second-order valence-electron chi connectivity index (χ2n) is 6.71. The van der Waals surface area contributed by atoms with Gasteiger partial charge in [-0.2, -0.15) is 0 Å². The Morgan fingerprint density at radius 2 is 1.92 bits per heavy atom. The van der Waals surface area contributed by atoms with Gasteiger partial charge in [-0.3, -0.25) is 0 Å². The van der Waals surface area contributed by atoms with E-state index in [9.17, 15) is 5.11 Å². The molecule has 0 aromatic carbocycles. The number of unbranched alkanes of at least 4 members (excludes halogenated alkanes) is 1. The zero-order valence-electron chi connectivity index (χ0n) is 15.2. The van der Waals surface area contributed by atoms with Gasteiger partial charge < -0.3 is 10.8 Å². The van der Waals surface area contributed by atoms with Crippen molar-refractivity contribution in [2.24, 2.45) is 17.6 Å². The van der Waals surface area contributed by atoms with Crippen molar-refractivity contribution in [1.82, 2.24) is 0 Å². The average Bonchev–Trinajstić information content (AvgIpc) is 2.99. The number of hydrogen-bond donors (Lipinski definition) is 2. The summed E-state index contributed by atoms with van der Waals surface area (Å²) in [5.41, 5.74) is 5.50. The van der Waals surface area contributed by atoms with Crippen LogP contribution in [0.5, 0.6) is 0 Å². The molecule has 1 aromatic rings. The van der Waals surface area contributed by atoms with Crippen LogP contribution in [0.4, 0.5) is 0 Å². The lowest BCUT2D eigenvalue weighted by molar-refractivity contribution is 0.119. The van der Waals surface area contributed by atoms with Crippen molar-refractivity contribution >= 4 is 22.9 Å². The van der Waals surface area contributed by atoms with Gasteiger partial charge in [0.1, 0.15) is 6.23 Å². The number of hydrogen-bond acceptors (Lipinski definition) is 3. The third-order valence-electron chi connectivity index (χ3n) is 4.39. The standard InChI is InChI=1S/C20H32ClNOS/c1-4-17(8-6-5-7-16(3)21)10-12-19-14-13-18(24-19)11-9-15(2)20(22)23/h13-17,20,23H,4-9,11,22H2,1-3H3/t15-,16?,17?,20?/m1/s1. The van der Waals surface area contributed by atoms with E-state index in [1.165, 1.54) is 17.7 Å². The molecule has 3 unspecified atom stereocenters. The fraction of sp³-hybridized carbons (Fsp3) is 0.700.